The maximum atomic E-state index is 6.12. The van der Waals surface area contributed by atoms with E-state index in [4.69, 9.17) is 23.2 Å². The van der Waals surface area contributed by atoms with Gasteiger partial charge in [-0.3, -0.25) is 0 Å². The van der Waals surface area contributed by atoms with Gasteiger partial charge in [0.1, 0.15) is 10.3 Å². The first-order valence-corrected chi connectivity index (χ1v) is 6.26. The van der Waals surface area contributed by atoms with Crippen LogP contribution in [0.5, 0.6) is 0 Å². The Morgan fingerprint density at radius 1 is 0.944 bits per heavy atom. The SMILES string of the molecule is Cc1cnc(-c2nc(Cl)c(C(C)C)c(Cl)n2)nc1. The molecule has 0 aromatic carbocycles. The van der Waals surface area contributed by atoms with Crippen LogP contribution in [0.2, 0.25) is 10.3 Å². The number of nitrogens with zero attached hydrogens (tertiary/aromatic N) is 4. The van der Waals surface area contributed by atoms with E-state index in [1.807, 2.05) is 20.8 Å². The molecule has 4 nitrogen and oxygen atoms in total. The molecule has 94 valence electrons. The summed E-state index contributed by atoms with van der Waals surface area (Å²) in [4.78, 5) is 16.7. The summed E-state index contributed by atoms with van der Waals surface area (Å²) in [5.74, 6) is 0.923. The molecule has 0 radical (unpaired) electrons. The average molecular weight is 283 g/mol. The van der Waals surface area contributed by atoms with Crippen molar-refractivity contribution in [3.05, 3.63) is 33.8 Å². The predicted molar refractivity (Wildman–Crippen MR) is 71.9 cm³/mol. The molecule has 6 heteroatoms. The molecule has 0 atom stereocenters. The van der Waals surface area contributed by atoms with Crippen molar-refractivity contribution in [3.8, 4) is 11.6 Å². The molecule has 0 saturated heterocycles. The lowest BCUT2D eigenvalue weighted by Crippen LogP contribution is -2.01. The predicted octanol–water partition coefficient (Wildman–Crippen LogP) is 3.67. The van der Waals surface area contributed by atoms with Crippen LogP contribution in [0.3, 0.4) is 0 Å². The second-order valence-electron chi connectivity index (χ2n) is 4.28. The van der Waals surface area contributed by atoms with Crippen LogP contribution >= 0.6 is 23.2 Å². The number of aryl methyl sites for hydroxylation is 1. The number of hydrogen-bond donors (Lipinski definition) is 0. The van der Waals surface area contributed by atoms with Crippen LogP contribution in [0.1, 0.15) is 30.9 Å². The molecule has 0 N–H and O–H groups in total. The molecule has 18 heavy (non-hydrogen) atoms. The lowest BCUT2D eigenvalue weighted by atomic mass is 10.1. The van der Waals surface area contributed by atoms with Crippen molar-refractivity contribution in [2.24, 2.45) is 0 Å². The second kappa shape index (κ2) is 5.16. The Bertz CT molecular complexity index is 544. The minimum absolute atomic E-state index is 0.165. The van der Waals surface area contributed by atoms with Crippen LogP contribution in [-0.4, -0.2) is 19.9 Å². The van der Waals surface area contributed by atoms with E-state index in [0.717, 1.165) is 11.1 Å². The van der Waals surface area contributed by atoms with Gasteiger partial charge < -0.3 is 0 Å². The Kier molecular flexibility index (Phi) is 3.78. The van der Waals surface area contributed by atoms with E-state index < -0.39 is 0 Å². The standard InChI is InChI=1S/C12H12Cl2N4/c1-6(2)8-9(13)17-12(18-10(8)14)11-15-4-7(3)5-16-11/h4-6H,1-3H3. The maximum absolute atomic E-state index is 6.12. The molecule has 0 fully saturated rings. The lowest BCUT2D eigenvalue weighted by molar-refractivity contribution is 0.846. The first kappa shape index (κ1) is 13.2. The largest absolute Gasteiger partial charge is 0.234 e. The highest BCUT2D eigenvalue weighted by Crippen LogP contribution is 2.30. The maximum Gasteiger partial charge on any atom is 0.200 e. The van der Waals surface area contributed by atoms with Crippen LogP contribution in [0.25, 0.3) is 11.6 Å². The highest BCUT2D eigenvalue weighted by Gasteiger charge is 2.16. The van der Waals surface area contributed by atoms with Crippen molar-refractivity contribution in [2.75, 3.05) is 0 Å². The van der Waals surface area contributed by atoms with E-state index in [1.165, 1.54) is 0 Å². The Labute approximate surface area is 115 Å². The summed E-state index contributed by atoms with van der Waals surface area (Å²) in [6, 6.07) is 0. The first-order valence-electron chi connectivity index (χ1n) is 5.51. The molecule has 2 rings (SSSR count). The van der Waals surface area contributed by atoms with E-state index in [-0.39, 0.29) is 5.92 Å². The number of aromatic nitrogens is 4. The van der Waals surface area contributed by atoms with Crippen LogP contribution < -0.4 is 0 Å². The third kappa shape index (κ3) is 2.60. The molecule has 0 unspecified atom stereocenters. The Hall–Kier alpha value is -1.26. The first-order chi connectivity index (χ1) is 8.49. The van der Waals surface area contributed by atoms with E-state index >= 15 is 0 Å². The van der Waals surface area contributed by atoms with Gasteiger partial charge in [-0.1, -0.05) is 37.0 Å². The van der Waals surface area contributed by atoms with Crippen LogP contribution in [0.15, 0.2) is 12.4 Å². The summed E-state index contributed by atoms with van der Waals surface area (Å²) in [6.07, 6.45) is 3.40. The molecule has 0 saturated carbocycles. The third-order valence-corrected chi connectivity index (χ3v) is 2.99. The fourth-order valence-corrected chi connectivity index (χ4v) is 2.32. The molecule has 2 heterocycles. The van der Waals surface area contributed by atoms with Crippen molar-refractivity contribution in [3.63, 3.8) is 0 Å². The molecule has 0 aliphatic rings. The number of hydrogen-bond acceptors (Lipinski definition) is 4. The van der Waals surface area contributed by atoms with Gasteiger partial charge >= 0.3 is 0 Å². The van der Waals surface area contributed by atoms with Gasteiger partial charge in [-0.25, -0.2) is 19.9 Å². The summed E-state index contributed by atoms with van der Waals surface area (Å²) in [5, 5.41) is 0.702. The molecule has 0 aliphatic carbocycles. The minimum atomic E-state index is 0.165. The van der Waals surface area contributed by atoms with Crippen LogP contribution in [0, 0.1) is 6.92 Å². The van der Waals surface area contributed by atoms with Gasteiger partial charge in [0.2, 0.25) is 5.82 Å². The van der Waals surface area contributed by atoms with Crippen molar-refractivity contribution in [1.29, 1.82) is 0 Å². The smallest absolute Gasteiger partial charge is 0.200 e. The Morgan fingerprint density at radius 2 is 1.44 bits per heavy atom. The summed E-state index contributed by atoms with van der Waals surface area (Å²) < 4.78 is 0. The average Bonchev–Trinajstić information content (AvgIpc) is 2.28. The molecule has 0 spiro atoms. The van der Waals surface area contributed by atoms with Crippen LogP contribution in [-0.2, 0) is 0 Å². The van der Waals surface area contributed by atoms with Gasteiger partial charge in [-0.15, -0.1) is 0 Å². The van der Waals surface area contributed by atoms with Gasteiger partial charge in [-0.05, 0) is 18.4 Å². The molecular formula is C12H12Cl2N4. The van der Waals surface area contributed by atoms with Crippen molar-refractivity contribution in [1.82, 2.24) is 19.9 Å². The minimum Gasteiger partial charge on any atom is -0.234 e. The monoisotopic (exact) mass is 282 g/mol. The van der Waals surface area contributed by atoms with Gasteiger partial charge in [0.25, 0.3) is 0 Å². The van der Waals surface area contributed by atoms with Gasteiger partial charge in [0.15, 0.2) is 5.82 Å². The zero-order chi connectivity index (χ0) is 13.3. The second-order valence-corrected chi connectivity index (χ2v) is 5.00. The van der Waals surface area contributed by atoms with Gasteiger partial charge in [-0.2, -0.15) is 0 Å². The fourth-order valence-electron chi connectivity index (χ4n) is 1.50. The Balaban J connectivity index is 2.51. The quantitative estimate of drug-likeness (QED) is 0.789. The van der Waals surface area contributed by atoms with Gasteiger partial charge in [0, 0.05) is 18.0 Å². The molecule has 2 aromatic rings. The van der Waals surface area contributed by atoms with Crippen molar-refractivity contribution >= 4 is 23.2 Å². The molecule has 2 aromatic heterocycles. The topological polar surface area (TPSA) is 51.6 Å². The highest BCUT2D eigenvalue weighted by atomic mass is 35.5. The normalized spacial score (nSPS) is 11.0. The summed E-state index contributed by atoms with van der Waals surface area (Å²) in [5.41, 5.74) is 1.71. The molecular weight excluding hydrogens is 271 g/mol. The van der Waals surface area contributed by atoms with Crippen LogP contribution in [0.4, 0.5) is 0 Å². The third-order valence-electron chi connectivity index (χ3n) is 2.41. The molecule has 0 amide bonds. The molecule has 0 aliphatic heterocycles. The van der Waals surface area contributed by atoms with E-state index in [1.54, 1.807) is 12.4 Å². The van der Waals surface area contributed by atoms with E-state index in [0.29, 0.717) is 22.0 Å². The zero-order valence-electron chi connectivity index (χ0n) is 10.3. The number of halogens is 2. The molecule has 0 bridgehead atoms. The highest BCUT2D eigenvalue weighted by molar-refractivity contribution is 6.34. The summed E-state index contributed by atoms with van der Waals surface area (Å²) in [7, 11) is 0. The van der Waals surface area contributed by atoms with Crippen molar-refractivity contribution in [2.45, 2.75) is 26.7 Å². The zero-order valence-corrected chi connectivity index (χ0v) is 11.8. The fraction of sp³-hybridized carbons (Fsp3) is 0.333. The summed E-state index contributed by atoms with van der Waals surface area (Å²) in [6.45, 7) is 5.88. The lowest BCUT2D eigenvalue weighted by Gasteiger charge is -2.10. The van der Waals surface area contributed by atoms with Gasteiger partial charge in [0.05, 0.1) is 0 Å². The number of rotatable bonds is 2. The van der Waals surface area contributed by atoms with E-state index in [9.17, 15) is 0 Å². The van der Waals surface area contributed by atoms with E-state index in [2.05, 4.69) is 19.9 Å². The Morgan fingerprint density at radius 3 is 1.89 bits per heavy atom. The van der Waals surface area contributed by atoms with Crippen molar-refractivity contribution < 1.29 is 0 Å². The summed E-state index contributed by atoms with van der Waals surface area (Å²) >= 11 is 12.2.